The van der Waals surface area contributed by atoms with Crippen LogP contribution in [0.15, 0.2) is 48.7 Å². The maximum atomic E-state index is 5.61. The molecule has 112 valence electrons. The molecule has 0 aliphatic heterocycles. The third kappa shape index (κ3) is 4.57. The molecule has 21 heavy (non-hydrogen) atoms. The van der Waals surface area contributed by atoms with Crippen molar-refractivity contribution >= 4 is 0 Å². The van der Waals surface area contributed by atoms with Gasteiger partial charge in [0.1, 0.15) is 5.75 Å². The highest BCUT2D eigenvalue weighted by Crippen LogP contribution is 2.20. The number of aromatic nitrogens is 1. The van der Waals surface area contributed by atoms with Crippen LogP contribution in [0.1, 0.15) is 50.5 Å². The topological polar surface area (TPSA) is 34.1 Å². The minimum Gasteiger partial charge on any atom is -0.494 e. The number of rotatable bonds is 7. The Morgan fingerprint density at radius 2 is 1.81 bits per heavy atom. The van der Waals surface area contributed by atoms with Crippen molar-refractivity contribution in [3.05, 3.63) is 59.9 Å². The monoisotopic (exact) mass is 284 g/mol. The quantitative estimate of drug-likeness (QED) is 0.824. The first kappa shape index (κ1) is 15.5. The lowest BCUT2D eigenvalue weighted by atomic mass is 10.1. The average Bonchev–Trinajstić information content (AvgIpc) is 2.54. The van der Waals surface area contributed by atoms with E-state index in [0.29, 0.717) is 0 Å². The second-order valence-electron chi connectivity index (χ2n) is 5.28. The van der Waals surface area contributed by atoms with Gasteiger partial charge in [0, 0.05) is 18.3 Å². The molecule has 0 spiro atoms. The first-order chi connectivity index (χ1) is 10.2. The SMILES string of the molecule is CCCOc1ccc(C(C)N[C@@H](C)c2ccccn2)cc1. The summed E-state index contributed by atoms with van der Waals surface area (Å²) in [6.07, 6.45) is 2.86. The van der Waals surface area contributed by atoms with Crippen molar-refractivity contribution in [1.29, 1.82) is 0 Å². The van der Waals surface area contributed by atoms with E-state index in [1.807, 2.05) is 36.5 Å². The Hall–Kier alpha value is -1.87. The van der Waals surface area contributed by atoms with E-state index in [1.54, 1.807) is 0 Å². The summed E-state index contributed by atoms with van der Waals surface area (Å²) >= 11 is 0. The number of nitrogens with zero attached hydrogens (tertiary/aromatic N) is 1. The Morgan fingerprint density at radius 1 is 1.05 bits per heavy atom. The van der Waals surface area contributed by atoms with Gasteiger partial charge in [0.15, 0.2) is 0 Å². The highest BCUT2D eigenvalue weighted by molar-refractivity contribution is 5.29. The van der Waals surface area contributed by atoms with Crippen molar-refractivity contribution in [3.63, 3.8) is 0 Å². The summed E-state index contributed by atoms with van der Waals surface area (Å²) in [6, 6.07) is 14.8. The number of ether oxygens (including phenoxy) is 1. The van der Waals surface area contributed by atoms with Gasteiger partial charge >= 0.3 is 0 Å². The Kier molecular flexibility index (Phi) is 5.76. The summed E-state index contributed by atoms with van der Waals surface area (Å²) in [5, 5.41) is 3.57. The molecule has 1 aromatic heterocycles. The second kappa shape index (κ2) is 7.79. The molecule has 2 rings (SSSR count). The van der Waals surface area contributed by atoms with E-state index in [9.17, 15) is 0 Å². The molecule has 3 heteroatoms. The molecule has 0 saturated carbocycles. The number of hydrogen-bond acceptors (Lipinski definition) is 3. The van der Waals surface area contributed by atoms with E-state index in [0.717, 1.165) is 24.5 Å². The van der Waals surface area contributed by atoms with E-state index in [2.05, 4.69) is 43.2 Å². The molecule has 0 fully saturated rings. The molecule has 0 saturated heterocycles. The van der Waals surface area contributed by atoms with Crippen LogP contribution in [0.3, 0.4) is 0 Å². The van der Waals surface area contributed by atoms with Crippen molar-refractivity contribution < 1.29 is 4.74 Å². The van der Waals surface area contributed by atoms with Gasteiger partial charge in [0.25, 0.3) is 0 Å². The summed E-state index contributed by atoms with van der Waals surface area (Å²) in [4.78, 5) is 4.39. The van der Waals surface area contributed by atoms with E-state index >= 15 is 0 Å². The predicted molar refractivity (Wildman–Crippen MR) is 86.4 cm³/mol. The van der Waals surface area contributed by atoms with Crippen LogP contribution in [0.5, 0.6) is 5.75 Å². The van der Waals surface area contributed by atoms with Crippen molar-refractivity contribution in [2.75, 3.05) is 6.61 Å². The van der Waals surface area contributed by atoms with Crippen LogP contribution in [0.2, 0.25) is 0 Å². The summed E-state index contributed by atoms with van der Waals surface area (Å²) in [5.41, 5.74) is 2.31. The van der Waals surface area contributed by atoms with Crippen LogP contribution < -0.4 is 10.1 Å². The van der Waals surface area contributed by atoms with Gasteiger partial charge in [-0.25, -0.2) is 0 Å². The lowest BCUT2D eigenvalue weighted by Crippen LogP contribution is -2.23. The summed E-state index contributed by atoms with van der Waals surface area (Å²) in [5.74, 6) is 0.936. The molecule has 0 aliphatic carbocycles. The zero-order valence-electron chi connectivity index (χ0n) is 13.0. The van der Waals surface area contributed by atoms with Gasteiger partial charge in [-0.2, -0.15) is 0 Å². The minimum absolute atomic E-state index is 0.220. The van der Waals surface area contributed by atoms with E-state index in [4.69, 9.17) is 4.74 Å². The first-order valence-corrected chi connectivity index (χ1v) is 7.60. The summed E-state index contributed by atoms with van der Waals surface area (Å²) < 4.78 is 5.61. The fraction of sp³-hybridized carbons (Fsp3) is 0.389. The van der Waals surface area contributed by atoms with Gasteiger partial charge in [-0.05, 0) is 50.1 Å². The number of pyridine rings is 1. The molecule has 1 N–H and O–H groups in total. The zero-order chi connectivity index (χ0) is 15.1. The van der Waals surface area contributed by atoms with Crippen molar-refractivity contribution in [3.8, 4) is 5.75 Å². The minimum atomic E-state index is 0.220. The fourth-order valence-corrected chi connectivity index (χ4v) is 2.26. The standard InChI is InChI=1S/C18H24N2O/c1-4-13-21-17-10-8-16(9-11-17)14(2)20-15(3)18-7-5-6-12-19-18/h5-12,14-15,20H,4,13H2,1-3H3/t14?,15-/m0/s1. The van der Waals surface area contributed by atoms with Crippen LogP contribution >= 0.6 is 0 Å². The van der Waals surface area contributed by atoms with Crippen LogP contribution in [0.4, 0.5) is 0 Å². The number of benzene rings is 1. The second-order valence-corrected chi connectivity index (χ2v) is 5.28. The molecular formula is C18H24N2O. The molecule has 2 aromatic rings. The highest BCUT2D eigenvalue weighted by atomic mass is 16.5. The maximum Gasteiger partial charge on any atom is 0.119 e. The van der Waals surface area contributed by atoms with Crippen LogP contribution in [0.25, 0.3) is 0 Å². The molecule has 1 aromatic carbocycles. The summed E-state index contributed by atoms with van der Waals surface area (Å²) in [7, 11) is 0. The van der Waals surface area contributed by atoms with Crippen molar-refractivity contribution in [2.24, 2.45) is 0 Å². The van der Waals surface area contributed by atoms with Crippen LogP contribution in [-0.4, -0.2) is 11.6 Å². The lowest BCUT2D eigenvalue weighted by Gasteiger charge is -2.20. The smallest absolute Gasteiger partial charge is 0.119 e. The van der Waals surface area contributed by atoms with Gasteiger partial charge in [0.2, 0.25) is 0 Å². The molecule has 0 aliphatic rings. The van der Waals surface area contributed by atoms with Gasteiger partial charge in [-0.3, -0.25) is 4.98 Å². The summed E-state index contributed by atoms with van der Waals surface area (Å²) in [6.45, 7) is 7.18. The number of hydrogen-bond donors (Lipinski definition) is 1. The van der Waals surface area contributed by atoms with Gasteiger partial charge < -0.3 is 10.1 Å². The Balaban J connectivity index is 1.95. The molecule has 0 bridgehead atoms. The lowest BCUT2D eigenvalue weighted by molar-refractivity contribution is 0.317. The molecule has 1 unspecified atom stereocenters. The zero-order valence-corrected chi connectivity index (χ0v) is 13.0. The van der Waals surface area contributed by atoms with Crippen molar-refractivity contribution in [2.45, 2.75) is 39.3 Å². The third-order valence-corrected chi connectivity index (χ3v) is 3.48. The van der Waals surface area contributed by atoms with Gasteiger partial charge in [0.05, 0.1) is 12.3 Å². The predicted octanol–water partition coefficient (Wildman–Crippen LogP) is 4.28. The van der Waals surface area contributed by atoms with E-state index < -0.39 is 0 Å². The van der Waals surface area contributed by atoms with Gasteiger partial charge in [-0.15, -0.1) is 0 Å². The van der Waals surface area contributed by atoms with E-state index in [-0.39, 0.29) is 12.1 Å². The first-order valence-electron chi connectivity index (χ1n) is 7.60. The van der Waals surface area contributed by atoms with Crippen LogP contribution in [0, 0.1) is 0 Å². The van der Waals surface area contributed by atoms with Crippen molar-refractivity contribution in [1.82, 2.24) is 10.3 Å². The van der Waals surface area contributed by atoms with E-state index in [1.165, 1.54) is 5.56 Å². The molecule has 2 atom stereocenters. The molecule has 1 heterocycles. The van der Waals surface area contributed by atoms with Crippen LogP contribution in [-0.2, 0) is 0 Å². The molecular weight excluding hydrogens is 260 g/mol. The molecule has 3 nitrogen and oxygen atoms in total. The molecule has 0 amide bonds. The maximum absolute atomic E-state index is 5.61. The Labute approximate surface area is 127 Å². The Morgan fingerprint density at radius 3 is 2.43 bits per heavy atom. The van der Waals surface area contributed by atoms with Gasteiger partial charge in [-0.1, -0.05) is 25.1 Å². The normalized spacial score (nSPS) is 13.7. The number of nitrogens with one attached hydrogen (secondary N) is 1. The molecule has 0 radical (unpaired) electrons. The largest absolute Gasteiger partial charge is 0.494 e. The Bertz CT molecular complexity index is 525. The average molecular weight is 284 g/mol. The highest BCUT2D eigenvalue weighted by Gasteiger charge is 2.11. The third-order valence-electron chi connectivity index (χ3n) is 3.48. The fourth-order valence-electron chi connectivity index (χ4n) is 2.26.